The van der Waals surface area contributed by atoms with Crippen molar-refractivity contribution < 1.29 is 0 Å². The van der Waals surface area contributed by atoms with Crippen molar-refractivity contribution in [3.05, 3.63) is 70.5 Å². The van der Waals surface area contributed by atoms with Crippen molar-refractivity contribution in [2.75, 3.05) is 17.3 Å². The number of nitrogens with one attached hydrogen (secondary N) is 1. The second-order valence-electron chi connectivity index (χ2n) is 5.37. The number of thioether (sulfide) groups is 1. The number of anilines is 3. The largest absolute Gasteiger partial charge is 0.385 e. The molecule has 0 bridgehead atoms. The second-order valence-corrected chi connectivity index (χ2v) is 6.25. The molecule has 122 valence electrons. The molecule has 0 saturated carbocycles. The third kappa shape index (κ3) is 3.44. The van der Waals surface area contributed by atoms with Gasteiger partial charge in [0.05, 0.1) is 5.69 Å². The molecule has 0 atom stereocenters. The summed E-state index contributed by atoms with van der Waals surface area (Å²) in [4.78, 5) is 17.0. The Morgan fingerprint density at radius 3 is 2.38 bits per heavy atom. The minimum atomic E-state index is -0.376. The van der Waals surface area contributed by atoms with Crippen molar-refractivity contribution in [3.63, 3.8) is 0 Å². The Balaban J connectivity index is 2.07. The van der Waals surface area contributed by atoms with Crippen LogP contribution < -0.4 is 16.6 Å². The molecule has 6 heteroatoms. The fourth-order valence-corrected chi connectivity index (χ4v) is 2.76. The van der Waals surface area contributed by atoms with Gasteiger partial charge < -0.3 is 11.1 Å². The average Bonchev–Trinajstić information content (AvgIpc) is 2.57. The highest BCUT2D eigenvalue weighted by Crippen LogP contribution is 2.23. The SMILES string of the molecule is CSc1ccc(-n2c(N)cc(=O)nc2Nc2ccc(C)cc2)cc1. The Morgan fingerprint density at radius 2 is 1.75 bits per heavy atom. The lowest BCUT2D eigenvalue weighted by Gasteiger charge is -2.16. The van der Waals surface area contributed by atoms with Gasteiger partial charge in [-0.25, -0.2) is 0 Å². The molecule has 0 amide bonds. The van der Waals surface area contributed by atoms with Gasteiger partial charge in [0.2, 0.25) is 5.95 Å². The summed E-state index contributed by atoms with van der Waals surface area (Å²) >= 11 is 1.67. The van der Waals surface area contributed by atoms with E-state index in [1.165, 1.54) is 6.07 Å². The lowest BCUT2D eigenvalue weighted by molar-refractivity contribution is 0.985. The van der Waals surface area contributed by atoms with Crippen LogP contribution in [0.1, 0.15) is 5.56 Å². The predicted octanol–water partition coefficient (Wildman–Crippen LogP) is 3.59. The summed E-state index contributed by atoms with van der Waals surface area (Å²) in [7, 11) is 0. The maximum atomic E-state index is 11.8. The number of hydrogen-bond donors (Lipinski definition) is 2. The number of nitrogens with two attached hydrogens (primary N) is 1. The normalized spacial score (nSPS) is 10.6. The van der Waals surface area contributed by atoms with E-state index < -0.39 is 0 Å². The van der Waals surface area contributed by atoms with Gasteiger partial charge in [-0.2, -0.15) is 4.98 Å². The van der Waals surface area contributed by atoms with Crippen molar-refractivity contribution in [1.29, 1.82) is 0 Å². The van der Waals surface area contributed by atoms with Gasteiger partial charge in [-0.1, -0.05) is 17.7 Å². The Labute approximate surface area is 144 Å². The van der Waals surface area contributed by atoms with Crippen LogP contribution in [0.2, 0.25) is 0 Å². The first-order valence-electron chi connectivity index (χ1n) is 7.44. The van der Waals surface area contributed by atoms with E-state index in [1.807, 2.05) is 61.7 Å². The van der Waals surface area contributed by atoms with Crippen LogP contribution in [-0.2, 0) is 0 Å². The van der Waals surface area contributed by atoms with Gasteiger partial charge in [0.25, 0.3) is 5.56 Å². The third-order valence-electron chi connectivity index (χ3n) is 3.60. The molecule has 24 heavy (non-hydrogen) atoms. The number of nitrogens with zero attached hydrogens (tertiary/aromatic N) is 2. The van der Waals surface area contributed by atoms with Crippen molar-refractivity contribution in [3.8, 4) is 5.69 Å². The van der Waals surface area contributed by atoms with Crippen molar-refractivity contribution in [2.24, 2.45) is 0 Å². The molecule has 0 radical (unpaired) electrons. The minimum absolute atomic E-state index is 0.335. The van der Waals surface area contributed by atoms with Gasteiger partial charge in [0.15, 0.2) is 0 Å². The van der Waals surface area contributed by atoms with Crippen LogP contribution in [0.25, 0.3) is 5.69 Å². The van der Waals surface area contributed by atoms with E-state index in [1.54, 1.807) is 16.3 Å². The molecule has 0 spiro atoms. The van der Waals surface area contributed by atoms with E-state index in [0.29, 0.717) is 11.8 Å². The Morgan fingerprint density at radius 1 is 1.08 bits per heavy atom. The lowest BCUT2D eigenvalue weighted by atomic mass is 10.2. The third-order valence-corrected chi connectivity index (χ3v) is 4.34. The Bertz CT molecular complexity index is 902. The summed E-state index contributed by atoms with van der Waals surface area (Å²) < 4.78 is 1.73. The second kappa shape index (κ2) is 6.80. The summed E-state index contributed by atoms with van der Waals surface area (Å²) in [6.07, 6.45) is 2.02. The molecule has 3 aromatic rings. The van der Waals surface area contributed by atoms with Crippen molar-refractivity contribution in [2.45, 2.75) is 11.8 Å². The molecule has 3 N–H and O–H groups in total. The molecule has 0 unspecified atom stereocenters. The van der Waals surface area contributed by atoms with Crippen molar-refractivity contribution in [1.82, 2.24) is 9.55 Å². The summed E-state index contributed by atoms with van der Waals surface area (Å²) in [5, 5.41) is 3.18. The van der Waals surface area contributed by atoms with Crippen LogP contribution in [0.4, 0.5) is 17.5 Å². The summed E-state index contributed by atoms with van der Waals surface area (Å²) in [6.45, 7) is 2.02. The molecule has 0 saturated heterocycles. The van der Waals surface area contributed by atoms with Crippen molar-refractivity contribution >= 4 is 29.2 Å². The predicted molar refractivity (Wildman–Crippen MR) is 100 cm³/mol. The molecule has 3 rings (SSSR count). The topological polar surface area (TPSA) is 72.9 Å². The fourth-order valence-electron chi connectivity index (χ4n) is 2.35. The van der Waals surface area contributed by atoms with E-state index in [2.05, 4.69) is 10.3 Å². The molecule has 0 fully saturated rings. The van der Waals surface area contributed by atoms with Crippen LogP contribution >= 0.6 is 11.8 Å². The highest BCUT2D eigenvalue weighted by Gasteiger charge is 2.10. The van der Waals surface area contributed by atoms with E-state index in [4.69, 9.17) is 5.73 Å². The number of benzene rings is 2. The fraction of sp³-hybridized carbons (Fsp3) is 0.111. The quantitative estimate of drug-likeness (QED) is 0.711. The molecule has 5 nitrogen and oxygen atoms in total. The highest BCUT2D eigenvalue weighted by molar-refractivity contribution is 7.98. The lowest BCUT2D eigenvalue weighted by Crippen LogP contribution is -2.18. The average molecular weight is 338 g/mol. The number of rotatable bonds is 4. The highest BCUT2D eigenvalue weighted by atomic mass is 32.2. The maximum absolute atomic E-state index is 11.8. The van der Waals surface area contributed by atoms with Crippen LogP contribution in [-0.4, -0.2) is 15.8 Å². The van der Waals surface area contributed by atoms with Crippen LogP contribution in [0.3, 0.4) is 0 Å². The molecular weight excluding hydrogens is 320 g/mol. The smallest absolute Gasteiger partial charge is 0.276 e. The Kier molecular flexibility index (Phi) is 4.57. The molecule has 1 heterocycles. The van der Waals surface area contributed by atoms with Gasteiger partial charge in [0, 0.05) is 16.6 Å². The molecule has 2 aromatic carbocycles. The molecule has 0 aliphatic heterocycles. The number of aromatic nitrogens is 2. The van der Waals surface area contributed by atoms with Gasteiger partial charge in [0.1, 0.15) is 5.82 Å². The zero-order chi connectivity index (χ0) is 17.1. The maximum Gasteiger partial charge on any atom is 0.276 e. The Hall–Kier alpha value is -2.73. The van der Waals surface area contributed by atoms with E-state index in [0.717, 1.165) is 21.8 Å². The van der Waals surface area contributed by atoms with Crippen LogP contribution in [0, 0.1) is 6.92 Å². The number of nitrogen functional groups attached to an aromatic ring is 1. The summed E-state index contributed by atoms with van der Waals surface area (Å²) in [6, 6.07) is 17.1. The van der Waals surface area contributed by atoms with Gasteiger partial charge in [-0.15, -0.1) is 11.8 Å². The zero-order valence-corrected chi connectivity index (χ0v) is 14.3. The van der Waals surface area contributed by atoms with Gasteiger partial charge in [-0.05, 0) is 49.6 Å². The first-order chi connectivity index (χ1) is 11.6. The standard InChI is InChI=1S/C18H18N4OS/c1-12-3-5-13(6-4-12)20-18-21-17(23)11-16(19)22(18)14-7-9-15(24-2)10-8-14/h3-11H,19H2,1-2H3,(H,20,21,23). The number of hydrogen-bond acceptors (Lipinski definition) is 5. The first-order valence-corrected chi connectivity index (χ1v) is 8.67. The molecule has 1 aromatic heterocycles. The van der Waals surface area contributed by atoms with Crippen LogP contribution in [0.5, 0.6) is 0 Å². The summed E-state index contributed by atoms with van der Waals surface area (Å²) in [5.41, 5.74) is 8.54. The minimum Gasteiger partial charge on any atom is -0.385 e. The number of aryl methyl sites for hydroxylation is 1. The van der Waals surface area contributed by atoms with Crippen LogP contribution in [0.15, 0.2) is 64.3 Å². The summed E-state index contributed by atoms with van der Waals surface area (Å²) in [5.74, 6) is 0.724. The van der Waals surface area contributed by atoms with E-state index >= 15 is 0 Å². The molecular formula is C18H18N4OS. The van der Waals surface area contributed by atoms with E-state index in [-0.39, 0.29) is 5.56 Å². The molecule has 0 aliphatic carbocycles. The first kappa shape index (κ1) is 16.1. The van der Waals surface area contributed by atoms with E-state index in [9.17, 15) is 4.79 Å². The van der Waals surface area contributed by atoms with Gasteiger partial charge >= 0.3 is 0 Å². The van der Waals surface area contributed by atoms with Gasteiger partial charge in [-0.3, -0.25) is 9.36 Å². The zero-order valence-electron chi connectivity index (χ0n) is 13.5. The monoisotopic (exact) mass is 338 g/mol. The molecule has 0 aliphatic rings.